The molecule has 1 fully saturated rings. The van der Waals surface area contributed by atoms with Gasteiger partial charge in [-0.05, 0) is 115 Å². The predicted molar refractivity (Wildman–Crippen MR) is 504 cm³/mol. The molecule has 0 aromatic heterocycles. The number of esters is 4. The highest BCUT2D eigenvalue weighted by Crippen LogP contribution is 2.31. The molecule has 1 heterocycles. The van der Waals surface area contributed by atoms with Crippen LogP contribution in [0.5, 0.6) is 0 Å². The minimum atomic E-state index is -1.000. The third-order valence-corrected chi connectivity index (χ3v) is 23.6. The Kier molecular flexibility index (Phi) is 74.9. The van der Waals surface area contributed by atoms with Crippen LogP contribution in [0.15, 0.2) is 30.3 Å². The van der Waals surface area contributed by atoms with E-state index in [0.29, 0.717) is 70.9 Å². The van der Waals surface area contributed by atoms with E-state index in [1.54, 1.807) is 45.4 Å². The molecule has 134 heavy (non-hydrogen) atoms. The standard InChI is InChI=1S/C58H99N7O15.C15H29NO6S2.C12H22O7.C7H16O4/c1-16-38(7)52(64(12)57(73)50(36(3)4)62-56(72)51(37(5)6)63(10)11)45(75-13)33-47(68)65-30-22-26-44(65)53(77-15)39(8)54(70)61-43(32-41-24-19-18-20-25-41)55(71)59-29-23-31-78-58(74)40(9)60-46(67)27-21-28-48(69)79-35-49(76-14)80-42(17-2)34-66;1-4-12(10-17)22-15(20-2)11-21-14(19)7-5-6-13(18)16-8-9-24-23-3;1-3-9(7-13)19-12(17-2)8-18-11(16)6-4-5-10(14)15;1-3-6(4-8)11-7(5-9)10-2/h18-20,24-25,36-40,42-45,49-53,66H,16-17,21-23,26-35H2,1-15H3,(H,59,71)(H,60,67)(H,61,70)(H,62,72);12,15,17H,4-11H2,1-3H3,(H,16,18);9,12-13H,3-8H2,1-2H3,(H,14,15);6-9H,3-5H2,1-2H3/t38-,39+,40+,42?,43-,44-,45+,49?,50-,51-,52-,53+;;;/m0.../s1. The minimum Gasteiger partial charge on any atom is -0.481 e. The Balaban J connectivity index is 0. The summed E-state index contributed by atoms with van der Waals surface area (Å²) in [6.45, 7) is 22.5. The van der Waals surface area contributed by atoms with Crippen LogP contribution in [-0.4, -0.2) is 369 Å². The van der Waals surface area contributed by atoms with Crippen LogP contribution in [0.25, 0.3) is 0 Å². The monoisotopic (exact) mass is 1960 g/mol. The molecule has 0 aliphatic carbocycles. The first kappa shape index (κ1) is 129. The third-order valence-electron chi connectivity index (χ3n) is 21.8. The number of aliphatic hydroxyl groups is 5. The van der Waals surface area contributed by atoms with E-state index >= 15 is 0 Å². The van der Waals surface area contributed by atoms with E-state index in [9.17, 15) is 62.6 Å². The molecular weight excluding hydrogens is 1790 g/mol. The summed E-state index contributed by atoms with van der Waals surface area (Å²) in [7, 11) is 17.4. The summed E-state index contributed by atoms with van der Waals surface area (Å²) in [5.74, 6) is -5.52. The second-order valence-corrected chi connectivity index (χ2v) is 35.6. The number of benzene rings is 1. The Morgan fingerprint density at radius 1 is 0.515 bits per heavy atom. The third kappa shape index (κ3) is 55.5. The molecule has 0 saturated carbocycles. The number of nitrogens with zero attached hydrogens (tertiary/aromatic N) is 3. The van der Waals surface area contributed by atoms with Crippen molar-refractivity contribution in [3.63, 3.8) is 0 Å². The van der Waals surface area contributed by atoms with Crippen molar-refractivity contribution in [3.8, 4) is 0 Å². The van der Waals surface area contributed by atoms with Gasteiger partial charge in [0.05, 0.1) is 107 Å². The van der Waals surface area contributed by atoms with E-state index in [0.717, 1.165) is 11.3 Å². The molecule has 1 aliphatic rings. The van der Waals surface area contributed by atoms with Gasteiger partial charge in [0.15, 0.2) is 25.2 Å². The second kappa shape index (κ2) is 77.8. The molecule has 778 valence electrons. The smallest absolute Gasteiger partial charge is 0.328 e. The van der Waals surface area contributed by atoms with Gasteiger partial charge in [0.1, 0.15) is 37.9 Å². The van der Waals surface area contributed by atoms with Gasteiger partial charge in [0, 0.05) is 120 Å². The molecule has 11 N–H and O–H groups in total. The van der Waals surface area contributed by atoms with Crippen molar-refractivity contribution in [3.05, 3.63) is 35.9 Å². The Hall–Kier alpha value is -7.08. The lowest BCUT2D eigenvalue weighted by Crippen LogP contribution is -2.59. The number of nitrogens with one attached hydrogen (secondary N) is 5. The van der Waals surface area contributed by atoms with Crippen molar-refractivity contribution in [2.75, 3.05) is 155 Å². The Morgan fingerprint density at radius 3 is 1.40 bits per heavy atom. The van der Waals surface area contributed by atoms with Crippen LogP contribution in [0.2, 0.25) is 0 Å². The number of amides is 7. The van der Waals surface area contributed by atoms with Crippen LogP contribution in [0, 0.1) is 23.7 Å². The molecule has 1 saturated heterocycles. The molecular formula is C92H166N8O32S2. The summed E-state index contributed by atoms with van der Waals surface area (Å²) >= 11 is 0. The maximum atomic E-state index is 14.5. The van der Waals surface area contributed by atoms with Crippen molar-refractivity contribution >= 4 is 92.8 Å². The topological polar surface area (TPSA) is 525 Å². The van der Waals surface area contributed by atoms with E-state index in [-0.39, 0.29) is 190 Å². The summed E-state index contributed by atoms with van der Waals surface area (Å²) in [4.78, 5) is 158. The van der Waals surface area contributed by atoms with Gasteiger partial charge in [-0.3, -0.25) is 57.6 Å². The van der Waals surface area contributed by atoms with Crippen molar-refractivity contribution < 1.29 is 154 Å². The lowest BCUT2D eigenvalue weighted by atomic mass is 9.89. The molecule has 0 spiro atoms. The normalized spacial score (nSPS) is 16.3. The number of likely N-dealkylation sites (tertiary alicyclic amines) is 1. The number of rotatable bonds is 70. The summed E-state index contributed by atoms with van der Waals surface area (Å²) in [5.41, 5.74) is 0.802. The van der Waals surface area contributed by atoms with E-state index < -0.39 is 133 Å². The zero-order valence-corrected chi connectivity index (χ0v) is 85.2. The first-order chi connectivity index (χ1) is 63.8. The second-order valence-electron chi connectivity index (χ2n) is 32.9. The average molecular weight is 1960 g/mol. The van der Waals surface area contributed by atoms with Gasteiger partial charge in [0.25, 0.3) is 0 Å². The van der Waals surface area contributed by atoms with Gasteiger partial charge in [-0.1, -0.05) is 135 Å². The molecule has 0 bridgehead atoms. The Bertz CT molecular complexity index is 3330. The fraction of sp³-hybridized carbons (Fsp3) is 0.804. The molecule has 0 radical (unpaired) electrons. The van der Waals surface area contributed by atoms with Gasteiger partial charge < -0.3 is 133 Å². The number of hydrogen-bond acceptors (Lipinski definition) is 34. The molecule has 1 aliphatic heterocycles. The fourth-order valence-electron chi connectivity index (χ4n) is 13.7. The zero-order chi connectivity index (χ0) is 102. The highest BCUT2D eigenvalue weighted by molar-refractivity contribution is 8.76. The van der Waals surface area contributed by atoms with Crippen molar-refractivity contribution in [1.29, 1.82) is 0 Å². The highest BCUT2D eigenvalue weighted by Gasteiger charge is 2.44. The summed E-state index contributed by atoms with van der Waals surface area (Å²) < 4.78 is 74.0. The van der Waals surface area contributed by atoms with Gasteiger partial charge in [-0.15, -0.1) is 0 Å². The first-order valence-electron chi connectivity index (χ1n) is 46.3. The molecule has 2 rings (SSSR count). The zero-order valence-electron chi connectivity index (χ0n) is 83.5. The molecule has 8 unspecified atom stereocenters. The predicted octanol–water partition coefficient (Wildman–Crippen LogP) is 5.26. The Morgan fingerprint density at radius 2 is 0.993 bits per heavy atom. The van der Waals surface area contributed by atoms with Gasteiger partial charge in [0.2, 0.25) is 41.4 Å². The maximum Gasteiger partial charge on any atom is 0.328 e. The van der Waals surface area contributed by atoms with E-state index in [4.69, 9.17) is 91.8 Å². The van der Waals surface area contributed by atoms with Crippen molar-refractivity contribution in [2.45, 2.75) is 303 Å². The van der Waals surface area contributed by atoms with E-state index in [1.165, 1.54) is 49.6 Å². The molecule has 18 atom stereocenters. The molecule has 40 nitrogen and oxygen atoms in total. The van der Waals surface area contributed by atoms with Crippen molar-refractivity contribution in [1.82, 2.24) is 41.3 Å². The van der Waals surface area contributed by atoms with E-state index in [2.05, 4.69) is 26.6 Å². The summed E-state index contributed by atoms with van der Waals surface area (Å²) in [6, 6.07) is 4.97. The van der Waals surface area contributed by atoms with Gasteiger partial charge >= 0.3 is 29.8 Å². The van der Waals surface area contributed by atoms with Gasteiger partial charge in [-0.2, -0.15) is 0 Å². The number of carboxylic acid groups (broad SMARTS) is 1. The first-order valence-corrected chi connectivity index (χ1v) is 49.1. The lowest BCUT2D eigenvalue weighted by molar-refractivity contribution is -0.194. The number of hydrogen-bond donors (Lipinski definition) is 11. The van der Waals surface area contributed by atoms with E-state index in [1.807, 2.05) is 125 Å². The van der Waals surface area contributed by atoms with Crippen LogP contribution in [0.4, 0.5) is 0 Å². The number of carbonyl (C=O) groups is 12. The molecule has 1 aromatic carbocycles. The SMILES string of the molecule is CCC(CO)OC(CO)OC.CCC(CO)OC(COC(=O)CCCC(=O)NCCSSC)OC.CCC(CO)OC(COC(=O)CCCC(=O)N[C@H](C)C(=O)OCCCNC(=O)[C@H](Cc1ccccc1)NC(=O)[C@H](C)[C@@H](OC)[C@@H]1CCCN1C(=O)C[C@@H](OC)[C@H]([C@@H](C)CC)N(C)C(=O)[C@@H](NC(=O)[C@H](C(C)C)N(C)C)C(C)C)OC.CCC(CO)OC(COC(=O)CCCC(=O)O)OC. The van der Waals surface area contributed by atoms with Gasteiger partial charge in [-0.25, -0.2) is 4.79 Å². The number of methoxy groups -OCH3 is 6. The number of likely N-dealkylation sites (N-methyl/N-ethyl adjacent to an activating group) is 2. The maximum absolute atomic E-state index is 14.5. The molecule has 7 amide bonds. The Labute approximate surface area is 802 Å². The van der Waals surface area contributed by atoms with Crippen LogP contribution >= 0.6 is 21.6 Å². The van der Waals surface area contributed by atoms with Crippen LogP contribution in [0.3, 0.4) is 0 Å². The molecule has 42 heteroatoms. The summed E-state index contributed by atoms with van der Waals surface area (Å²) in [6.07, 6.45) is 2.15. The number of ether oxygens (including phenoxy) is 14. The van der Waals surface area contributed by atoms with Crippen LogP contribution in [-0.2, 0) is 130 Å². The number of carbonyl (C=O) groups excluding carboxylic acids is 11. The van der Waals surface area contributed by atoms with Crippen LogP contribution < -0.4 is 26.6 Å². The number of aliphatic carboxylic acids is 1. The highest BCUT2D eigenvalue weighted by atomic mass is 33.1. The minimum absolute atomic E-state index is 0.00492. The largest absolute Gasteiger partial charge is 0.481 e. The molecule has 1 aromatic rings. The lowest BCUT2D eigenvalue weighted by Gasteiger charge is -2.41. The number of aliphatic hydroxyl groups excluding tert-OH is 5. The fourth-order valence-corrected chi connectivity index (χ4v) is 14.8. The number of carboxylic acids is 1. The van der Waals surface area contributed by atoms with Crippen molar-refractivity contribution in [2.24, 2.45) is 23.7 Å². The average Bonchev–Trinajstić information content (AvgIpc) is 1.09. The summed E-state index contributed by atoms with van der Waals surface area (Å²) in [5, 5.41) is 67.3. The van der Waals surface area contributed by atoms with Crippen LogP contribution in [0.1, 0.15) is 204 Å². The quantitative estimate of drug-likeness (QED) is 0.0130.